The molecule has 0 aliphatic carbocycles. The van der Waals surface area contributed by atoms with Crippen LogP contribution in [0.25, 0.3) is 21.5 Å². The van der Waals surface area contributed by atoms with Crippen LogP contribution in [0, 0.1) is 0 Å². The lowest BCUT2D eigenvalue weighted by atomic mass is 10.1. The Hall–Kier alpha value is -3.34. The molecule has 0 saturated heterocycles. The van der Waals surface area contributed by atoms with Gasteiger partial charge >= 0.3 is 0 Å². The number of hydrogen-bond acceptors (Lipinski definition) is 5. The highest BCUT2D eigenvalue weighted by atomic mass is 16.5. The molecule has 2 aromatic heterocycles. The highest BCUT2D eigenvalue weighted by molar-refractivity contribution is 5.88. The van der Waals surface area contributed by atoms with Gasteiger partial charge in [-0.25, -0.2) is 0 Å². The summed E-state index contributed by atoms with van der Waals surface area (Å²) in [5.41, 5.74) is 0.824. The Kier molecular flexibility index (Phi) is 3.82. The van der Waals surface area contributed by atoms with Crippen molar-refractivity contribution in [3.05, 3.63) is 66.5 Å². The van der Waals surface area contributed by atoms with Gasteiger partial charge in [-0.1, -0.05) is 24.3 Å². The smallest absolute Gasteiger partial charge is 0.222 e. The molecular formula is C20H16N2O3. The number of methoxy groups -OCH3 is 1. The summed E-state index contributed by atoms with van der Waals surface area (Å²) >= 11 is 0. The van der Waals surface area contributed by atoms with Gasteiger partial charge in [0, 0.05) is 23.0 Å². The number of nitrogens with zero attached hydrogens (tertiary/aromatic N) is 2. The van der Waals surface area contributed by atoms with Crippen LogP contribution in [0.2, 0.25) is 0 Å². The van der Waals surface area contributed by atoms with Crippen molar-refractivity contribution in [3.63, 3.8) is 0 Å². The van der Waals surface area contributed by atoms with E-state index in [4.69, 9.17) is 9.47 Å². The summed E-state index contributed by atoms with van der Waals surface area (Å²) in [6, 6.07) is 17.1. The number of aromatic hydroxyl groups is 1. The summed E-state index contributed by atoms with van der Waals surface area (Å²) in [6.07, 6.45) is 1.76. The van der Waals surface area contributed by atoms with Gasteiger partial charge in [0.05, 0.1) is 12.8 Å². The Morgan fingerprint density at radius 3 is 2.72 bits per heavy atom. The van der Waals surface area contributed by atoms with Crippen LogP contribution in [0.15, 0.2) is 60.8 Å². The summed E-state index contributed by atoms with van der Waals surface area (Å²) < 4.78 is 11.0. The van der Waals surface area contributed by atoms with E-state index in [-0.39, 0.29) is 12.5 Å². The van der Waals surface area contributed by atoms with Gasteiger partial charge in [0.1, 0.15) is 12.4 Å². The summed E-state index contributed by atoms with van der Waals surface area (Å²) in [7, 11) is 1.60. The van der Waals surface area contributed by atoms with Gasteiger partial charge in [-0.2, -0.15) is 4.98 Å². The fraction of sp³-hybridized carbons (Fsp3) is 0.100. The summed E-state index contributed by atoms with van der Waals surface area (Å²) in [6.45, 7) is 0.267. The molecule has 0 fully saturated rings. The minimum atomic E-state index is -0.0685. The second kappa shape index (κ2) is 6.28. The molecular weight excluding hydrogens is 316 g/mol. The van der Waals surface area contributed by atoms with E-state index in [1.165, 1.54) is 0 Å². The molecule has 0 atom stereocenters. The minimum Gasteiger partial charge on any atom is -0.497 e. The molecule has 124 valence electrons. The van der Waals surface area contributed by atoms with Crippen molar-refractivity contribution in [1.82, 2.24) is 9.97 Å². The highest BCUT2D eigenvalue weighted by Gasteiger charge is 2.09. The molecule has 0 bridgehead atoms. The van der Waals surface area contributed by atoms with Crippen molar-refractivity contribution in [2.24, 2.45) is 0 Å². The Morgan fingerprint density at radius 2 is 1.84 bits per heavy atom. The first-order valence-electron chi connectivity index (χ1n) is 7.88. The van der Waals surface area contributed by atoms with E-state index in [1.807, 2.05) is 36.4 Å². The zero-order chi connectivity index (χ0) is 17.2. The maximum absolute atomic E-state index is 10.1. The number of fused-ring (bicyclic) bond motifs is 2. The number of aromatic nitrogens is 2. The Balaban J connectivity index is 1.66. The molecule has 0 amide bonds. The second-order valence-electron chi connectivity index (χ2n) is 5.64. The zero-order valence-electron chi connectivity index (χ0n) is 13.6. The quantitative estimate of drug-likeness (QED) is 0.610. The Labute approximate surface area is 144 Å². The van der Waals surface area contributed by atoms with E-state index in [0.29, 0.717) is 17.0 Å². The van der Waals surface area contributed by atoms with Crippen LogP contribution in [0.4, 0.5) is 0 Å². The molecule has 25 heavy (non-hydrogen) atoms. The van der Waals surface area contributed by atoms with Crippen molar-refractivity contribution in [3.8, 4) is 17.5 Å². The van der Waals surface area contributed by atoms with Crippen LogP contribution in [-0.4, -0.2) is 22.2 Å². The first-order chi connectivity index (χ1) is 12.2. The Morgan fingerprint density at radius 1 is 0.960 bits per heavy atom. The molecule has 4 aromatic rings. The van der Waals surface area contributed by atoms with Gasteiger partial charge in [-0.3, -0.25) is 4.98 Å². The SMILES string of the molecule is COc1ccc2c(O)nc(OCc3nccc4ccccc34)cc2c1. The van der Waals surface area contributed by atoms with Crippen molar-refractivity contribution >= 4 is 21.5 Å². The average Bonchev–Trinajstić information content (AvgIpc) is 2.66. The van der Waals surface area contributed by atoms with Crippen molar-refractivity contribution in [2.45, 2.75) is 6.61 Å². The number of hydrogen-bond donors (Lipinski definition) is 1. The van der Waals surface area contributed by atoms with Gasteiger partial charge in [0.15, 0.2) is 0 Å². The molecule has 2 heterocycles. The van der Waals surface area contributed by atoms with Crippen LogP contribution >= 0.6 is 0 Å². The maximum atomic E-state index is 10.1. The van der Waals surface area contributed by atoms with Crippen LogP contribution in [0.3, 0.4) is 0 Å². The number of ether oxygens (including phenoxy) is 2. The molecule has 0 aliphatic rings. The van der Waals surface area contributed by atoms with E-state index in [9.17, 15) is 5.11 Å². The van der Waals surface area contributed by atoms with E-state index in [0.717, 1.165) is 21.9 Å². The van der Waals surface area contributed by atoms with E-state index in [2.05, 4.69) is 9.97 Å². The molecule has 0 saturated carbocycles. The Bertz CT molecular complexity index is 1060. The molecule has 1 N–H and O–H groups in total. The van der Waals surface area contributed by atoms with E-state index in [1.54, 1.807) is 31.5 Å². The molecule has 0 aliphatic heterocycles. The third kappa shape index (κ3) is 2.92. The molecule has 5 nitrogen and oxygen atoms in total. The molecule has 0 radical (unpaired) electrons. The molecule has 2 aromatic carbocycles. The van der Waals surface area contributed by atoms with Crippen molar-refractivity contribution in [2.75, 3.05) is 7.11 Å². The van der Waals surface area contributed by atoms with E-state index < -0.39 is 0 Å². The van der Waals surface area contributed by atoms with Crippen LogP contribution < -0.4 is 9.47 Å². The second-order valence-corrected chi connectivity index (χ2v) is 5.64. The van der Waals surface area contributed by atoms with Crippen molar-refractivity contribution in [1.29, 1.82) is 0 Å². The molecule has 5 heteroatoms. The molecule has 0 unspecified atom stereocenters. The standard InChI is InChI=1S/C20H16N2O3/c1-24-15-6-7-17-14(10-15)11-19(22-20(17)23)25-12-18-16-5-3-2-4-13(16)8-9-21-18/h2-11H,12H2,1H3,(H,22,23). The average molecular weight is 332 g/mol. The van der Waals surface area contributed by atoms with Crippen LogP contribution in [0.5, 0.6) is 17.5 Å². The van der Waals surface area contributed by atoms with Crippen molar-refractivity contribution < 1.29 is 14.6 Å². The molecule has 4 rings (SSSR count). The lowest BCUT2D eigenvalue weighted by Gasteiger charge is -2.10. The third-order valence-corrected chi connectivity index (χ3v) is 4.11. The monoisotopic (exact) mass is 332 g/mol. The third-order valence-electron chi connectivity index (χ3n) is 4.11. The van der Waals surface area contributed by atoms with Gasteiger partial charge in [0.25, 0.3) is 0 Å². The van der Waals surface area contributed by atoms with E-state index >= 15 is 0 Å². The lowest BCUT2D eigenvalue weighted by Crippen LogP contribution is -2.00. The zero-order valence-corrected chi connectivity index (χ0v) is 13.6. The minimum absolute atomic E-state index is 0.0685. The predicted molar refractivity (Wildman–Crippen MR) is 96.0 cm³/mol. The number of pyridine rings is 2. The lowest BCUT2D eigenvalue weighted by molar-refractivity contribution is 0.287. The summed E-state index contributed by atoms with van der Waals surface area (Å²) in [5, 5.41) is 13.7. The summed E-state index contributed by atoms with van der Waals surface area (Å²) in [5.74, 6) is 0.980. The largest absolute Gasteiger partial charge is 0.497 e. The van der Waals surface area contributed by atoms with Gasteiger partial charge < -0.3 is 14.6 Å². The summed E-state index contributed by atoms with van der Waals surface area (Å²) in [4.78, 5) is 8.52. The van der Waals surface area contributed by atoms with Crippen LogP contribution in [-0.2, 0) is 6.61 Å². The topological polar surface area (TPSA) is 64.5 Å². The molecule has 0 spiro atoms. The first kappa shape index (κ1) is 15.2. The number of rotatable bonds is 4. The maximum Gasteiger partial charge on any atom is 0.222 e. The van der Waals surface area contributed by atoms with Crippen LogP contribution in [0.1, 0.15) is 5.69 Å². The fourth-order valence-electron chi connectivity index (χ4n) is 2.83. The van der Waals surface area contributed by atoms with Gasteiger partial charge in [-0.15, -0.1) is 0 Å². The number of benzene rings is 2. The van der Waals surface area contributed by atoms with Gasteiger partial charge in [-0.05, 0) is 35.0 Å². The fourth-order valence-corrected chi connectivity index (χ4v) is 2.83. The first-order valence-corrected chi connectivity index (χ1v) is 7.88. The predicted octanol–water partition coefficient (Wildman–Crippen LogP) is 4.08. The normalized spacial score (nSPS) is 10.9. The highest BCUT2D eigenvalue weighted by Crippen LogP contribution is 2.30. The van der Waals surface area contributed by atoms with Gasteiger partial charge in [0.2, 0.25) is 11.8 Å².